The minimum atomic E-state index is -4.73. The summed E-state index contributed by atoms with van der Waals surface area (Å²) in [5.74, 6) is -0.513. The van der Waals surface area contributed by atoms with Crippen molar-refractivity contribution >= 4 is 11.6 Å². The summed E-state index contributed by atoms with van der Waals surface area (Å²) in [6.07, 6.45) is -4.73. The van der Waals surface area contributed by atoms with Crippen LogP contribution >= 0.6 is 0 Å². The van der Waals surface area contributed by atoms with Gasteiger partial charge in [0.2, 0.25) is 5.91 Å². The van der Waals surface area contributed by atoms with Gasteiger partial charge in [0.1, 0.15) is 5.75 Å². The number of anilines is 1. The van der Waals surface area contributed by atoms with Gasteiger partial charge in [-0.15, -0.1) is 13.2 Å². The Labute approximate surface area is 161 Å². The van der Waals surface area contributed by atoms with E-state index >= 15 is 0 Å². The number of alkyl halides is 3. The molecular formula is C20H22F3N3O2. The van der Waals surface area contributed by atoms with Crippen molar-refractivity contribution in [2.45, 2.75) is 12.9 Å². The Morgan fingerprint density at radius 3 is 2.14 bits per heavy atom. The highest BCUT2D eigenvalue weighted by Gasteiger charge is 2.31. The van der Waals surface area contributed by atoms with E-state index in [0.29, 0.717) is 5.69 Å². The van der Waals surface area contributed by atoms with E-state index in [1.807, 2.05) is 18.2 Å². The van der Waals surface area contributed by atoms with E-state index in [-0.39, 0.29) is 18.2 Å². The first-order valence-electron chi connectivity index (χ1n) is 9.02. The summed E-state index contributed by atoms with van der Waals surface area (Å²) < 4.78 is 40.3. The lowest BCUT2D eigenvalue weighted by Gasteiger charge is -2.34. The van der Waals surface area contributed by atoms with Crippen LogP contribution in [0.2, 0.25) is 0 Å². The van der Waals surface area contributed by atoms with Crippen LogP contribution in [-0.2, 0) is 11.3 Å². The van der Waals surface area contributed by atoms with Crippen molar-refractivity contribution in [3.05, 3.63) is 60.2 Å². The van der Waals surface area contributed by atoms with E-state index in [1.165, 1.54) is 29.8 Å². The van der Waals surface area contributed by atoms with Gasteiger partial charge in [0.05, 0.1) is 6.54 Å². The summed E-state index contributed by atoms with van der Waals surface area (Å²) in [5, 5.41) is 2.70. The van der Waals surface area contributed by atoms with Crippen LogP contribution in [0.1, 0.15) is 5.56 Å². The first-order valence-corrected chi connectivity index (χ1v) is 9.02. The van der Waals surface area contributed by atoms with Crippen LogP contribution in [0.5, 0.6) is 5.75 Å². The number of hydrogen-bond donors (Lipinski definition) is 1. The quantitative estimate of drug-likeness (QED) is 0.818. The summed E-state index contributed by atoms with van der Waals surface area (Å²) in [6.45, 7) is 4.49. The maximum absolute atomic E-state index is 12.2. The molecule has 0 unspecified atom stereocenters. The minimum Gasteiger partial charge on any atom is -0.406 e. The van der Waals surface area contributed by atoms with Crippen LogP contribution in [-0.4, -0.2) is 54.8 Å². The molecule has 1 aliphatic rings. The molecule has 2 aromatic rings. The second-order valence-corrected chi connectivity index (χ2v) is 6.66. The van der Waals surface area contributed by atoms with Gasteiger partial charge in [-0.1, -0.05) is 30.3 Å². The third-order valence-electron chi connectivity index (χ3n) is 4.45. The van der Waals surface area contributed by atoms with Crippen molar-refractivity contribution in [2.24, 2.45) is 0 Å². The Balaban J connectivity index is 1.41. The molecule has 150 valence electrons. The normalized spacial score (nSPS) is 16.0. The molecule has 2 aromatic carbocycles. The molecule has 0 saturated carbocycles. The Morgan fingerprint density at radius 1 is 0.929 bits per heavy atom. The highest BCUT2D eigenvalue weighted by molar-refractivity contribution is 5.92. The average molecular weight is 393 g/mol. The van der Waals surface area contributed by atoms with Crippen molar-refractivity contribution in [3.63, 3.8) is 0 Å². The Morgan fingerprint density at radius 2 is 1.54 bits per heavy atom. The molecule has 0 aromatic heterocycles. The van der Waals surface area contributed by atoms with Crippen LogP contribution in [0.25, 0.3) is 0 Å². The summed E-state index contributed by atoms with van der Waals surface area (Å²) in [6, 6.07) is 15.4. The molecule has 1 aliphatic heterocycles. The van der Waals surface area contributed by atoms with Crippen LogP contribution in [0.3, 0.4) is 0 Å². The predicted molar refractivity (Wildman–Crippen MR) is 99.9 cm³/mol. The Hall–Kier alpha value is -2.58. The first kappa shape index (κ1) is 20.2. The summed E-state index contributed by atoms with van der Waals surface area (Å²) in [4.78, 5) is 16.6. The van der Waals surface area contributed by atoms with Gasteiger partial charge >= 0.3 is 6.36 Å². The molecule has 28 heavy (non-hydrogen) atoms. The fourth-order valence-electron chi connectivity index (χ4n) is 3.09. The zero-order chi connectivity index (χ0) is 20.0. The van der Waals surface area contributed by atoms with Gasteiger partial charge in [0.15, 0.2) is 0 Å². The van der Waals surface area contributed by atoms with Crippen LogP contribution in [0, 0.1) is 0 Å². The average Bonchev–Trinajstić information content (AvgIpc) is 2.65. The van der Waals surface area contributed by atoms with E-state index < -0.39 is 6.36 Å². The minimum absolute atomic E-state index is 0.194. The highest BCUT2D eigenvalue weighted by atomic mass is 19.4. The van der Waals surface area contributed by atoms with E-state index in [2.05, 4.69) is 32.0 Å². The smallest absolute Gasteiger partial charge is 0.406 e. The zero-order valence-corrected chi connectivity index (χ0v) is 15.3. The van der Waals surface area contributed by atoms with E-state index in [9.17, 15) is 18.0 Å². The third kappa shape index (κ3) is 6.54. The van der Waals surface area contributed by atoms with Crippen LogP contribution in [0.4, 0.5) is 18.9 Å². The van der Waals surface area contributed by atoms with Gasteiger partial charge in [-0.05, 0) is 29.8 Å². The van der Waals surface area contributed by atoms with E-state index in [1.54, 1.807) is 0 Å². The van der Waals surface area contributed by atoms with Crippen molar-refractivity contribution in [1.82, 2.24) is 9.80 Å². The van der Waals surface area contributed by atoms with Crippen LogP contribution < -0.4 is 10.1 Å². The number of nitrogens with one attached hydrogen (secondary N) is 1. The van der Waals surface area contributed by atoms with Gasteiger partial charge in [0, 0.05) is 38.4 Å². The van der Waals surface area contributed by atoms with Gasteiger partial charge in [-0.25, -0.2) is 0 Å². The van der Waals surface area contributed by atoms with E-state index in [4.69, 9.17) is 0 Å². The third-order valence-corrected chi connectivity index (χ3v) is 4.45. The lowest BCUT2D eigenvalue weighted by molar-refractivity contribution is -0.274. The molecule has 0 spiro atoms. The highest BCUT2D eigenvalue weighted by Crippen LogP contribution is 2.24. The zero-order valence-electron chi connectivity index (χ0n) is 15.3. The standard InChI is InChI=1S/C20H22F3N3O2/c21-20(22,23)28-18-8-6-17(7-9-18)24-19(27)15-26-12-10-25(11-13-26)14-16-4-2-1-3-5-16/h1-9H,10-15H2,(H,24,27). The number of nitrogens with zero attached hydrogens (tertiary/aromatic N) is 2. The Kier molecular flexibility index (Phi) is 6.53. The number of hydrogen-bond acceptors (Lipinski definition) is 4. The maximum Gasteiger partial charge on any atom is 0.573 e. The van der Waals surface area contributed by atoms with Gasteiger partial charge < -0.3 is 10.1 Å². The maximum atomic E-state index is 12.2. The van der Waals surface area contributed by atoms with Gasteiger partial charge in [-0.2, -0.15) is 0 Å². The lowest BCUT2D eigenvalue weighted by atomic mass is 10.2. The van der Waals surface area contributed by atoms with Crippen molar-refractivity contribution < 1.29 is 22.7 Å². The molecule has 1 heterocycles. The number of carbonyl (C=O) groups excluding carboxylic acids is 1. The molecule has 1 fully saturated rings. The molecule has 0 radical (unpaired) electrons. The van der Waals surface area contributed by atoms with Crippen molar-refractivity contribution in [3.8, 4) is 5.75 Å². The fourth-order valence-corrected chi connectivity index (χ4v) is 3.09. The molecule has 1 amide bonds. The molecule has 1 N–H and O–H groups in total. The topological polar surface area (TPSA) is 44.8 Å². The van der Waals surface area contributed by atoms with Crippen LogP contribution in [0.15, 0.2) is 54.6 Å². The number of halogens is 3. The fraction of sp³-hybridized carbons (Fsp3) is 0.350. The SMILES string of the molecule is O=C(CN1CCN(Cc2ccccc2)CC1)Nc1ccc(OC(F)(F)F)cc1. The molecule has 0 bridgehead atoms. The summed E-state index contributed by atoms with van der Waals surface area (Å²) >= 11 is 0. The number of rotatable bonds is 6. The molecule has 1 saturated heterocycles. The molecule has 0 aliphatic carbocycles. The monoisotopic (exact) mass is 393 g/mol. The number of carbonyl (C=O) groups is 1. The number of amides is 1. The van der Waals surface area contributed by atoms with Crippen molar-refractivity contribution in [2.75, 3.05) is 38.0 Å². The summed E-state index contributed by atoms with van der Waals surface area (Å²) in [7, 11) is 0. The van der Waals surface area contributed by atoms with Gasteiger partial charge in [-0.3, -0.25) is 14.6 Å². The summed E-state index contributed by atoms with van der Waals surface area (Å²) in [5.41, 5.74) is 1.70. The molecule has 8 heteroatoms. The molecule has 0 atom stereocenters. The van der Waals surface area contributed by atoms with Gasteiger partial charge in [0.25, 0.3) is 0 Å². The number of ether oxygens (including phenoxy) is 1. The largest absolute Gasteiger partial charge is 0.573 e. The molecule has 5 nitrogen and oxygen atoms in total. The van der Waals surface area contributed by atoms with E-state index in [0.717, 1.165) is 32.7 Å². The second-order valence-electron chi connectivity index (χ2n) is 6.66. The predicted octanol–water partition coefficient (Wildman–Crippen LogP) is 3.34. The molecule has 3 rings (SSSR count). The Bertz CT molecular complexity index is 759. The second kappa shape index (κ2) is 9.07. The lowest BCUT2D eigenvalue weighted by Crippen LogP contribution is -2.48. The number of piperazine rings is 1. The molecular weight excluding hydrogens is 371 g/mol. The first-order chi connectivity index (χ1) is 13.4. The van der Waals surface area contributed by atoms with Crippen molar-refractivity contribution in [1.29, 1.82) is 0 Å². The number of benzene rings is 2.